The van der Waals surface area contributed by atoms with E-state index in [2.05, 4.69) is 11.7 Å². The maximum Gasteiger partial charge on any atom is 0.294 e. The molecule has 5 heteroatoms. The van der Waals surface area contributed by atoms with Crippen LogP contribution in [0.4, 0.5) is 0 Å². The molecule has 112 valence electrons. The molecule has 2 rings (SSSR count). The van der Waals surface area contributed by atoms with Gasteiger partial charge in [0.1, 0.15) is 5.75 Å². The fraction of sp³-hybridized carbons (Fsp3) is 0.438. The first-order valence-electron chi connectivity index (χ1n) is 7.14. The fourth-order valence-electron chi connectivity index (χ4n) is 2.39. The number of benzene rings is 1. The van der Waals surface area contributed by atoms with Gasteiger partial charge in [0, 0.05) is 5.56 Å². The maximum atomic E-state index is 12.2. The highest BCUT2D eigenvalue weighted by Gasteiger charge is 2.42. The van der Waals surface area contributed by atoms with E-state index in [4.69, 9.17) is 4.74 Å². The first kappa shape index (κ1) is 15.2. The summed E-state index contributed by atoms with van der Waals surface area (Å²) in [6, 6.07) is 4.87. The molecule has 0 radical (unpaired) electrons. The Morgan fingerprint density at radius 2 is 1.95 bits per heavy atom. The minimum absolute atomic E-state index is 0.123. The molecule has 0 heterocycles. The first-order chi connectivity index (χ1) is 10.2. The predicted molar refractivity (Wildman–Crippen MR) is 75.7 cm³/mol. The normalized spacial score (nSPS) is 16.7. The average molecular weight is 290 g/mol. The summed E-state index contributed by atoms with van der Waals surface area (Å²) in [5, 5.41) is 0. The summed E-state index contributed by atoms with van der Waals surface area (Å²) in [6.45, 7) is 2.75. The number of rotatable bonds is 8. The van der Waals surface area contributed by atoms with Crippen LogP contribution >= 0.6 is 0 Å². The highest BCUT2D eigenvalue weighted by atomic mass is 16.5. The van der Waals surface area contributed by atoms with Crippen molar-refractivity contribution in [2.24, 2.45) is 0 Å². The van der Waals surface area contributed by atoms with E-state index < -0.39 is 17.7 Å². The fourth-order valence-corrected chi connectivity index (χ4v) is 2.39. The van der Waals surface area contributed by atoms with Crippen LogP contribution in [0.25, 0.3) is 0 Å². The largest absolute Gasteiger partial charge is 0.493 e. The Labute approximate surface area is 123 Å². The Balaban J connectivity index is 2.11. The monoisotopic (exact) mass is 290 g/mol. The quantitative estimate of drug-likeness (QED) is 0.418. The number of carbonyl (C=O) groups excluding carboxylic acids is 3. The second-order valence-corrected chi connectivity index (χ2v) is 4.93. The van der Waals surface area contributed by atoms with E-state index in [9.17, 15) is 14.4 Å². The number of fused-ring (bicyclic) bond motifs is 1. The molecule has 1 aromatic rings. The summed E-state index contributed by atoms with van der Waals surface area (Å²) in [5.41, 5.74) is 0.489. The summed E-state index contributed by atoms with van der Waals surface area (Å²) in [4.78, 5) is 34.6. The number of ether oxygens (including phenoxy) is 2. The molecule has 1 aromatic carbocycles. The van der Waals surface area contributed by atoms with Gasteiger partial charge < -0.3 is 9.47 Å². The number of hydrogen-bond acceptors (Lipinski definition) is 5. The van der Waals surface area contributed by atoms with Crippen LogP contribution in [0.3, 0.4) is 0 Å². The van der Waals surface area contributed by atoms with E-state index in [0.29, 0.717) is 12.4 Å². The zero-order valence-corrected chi connectivity index (χ0v) is 12.0. The third-order valence-corrected chi connectivity index (χ3v) is 3.46. The Morgan fingerprint density at radius 3 is 2.67 bits per heavy atom. The zero-order valence-electron chi connectivity index (χ0n) is 12.0. The molecule has 5 nitrogen and oxygen atoms in total. The third-order valence-electron chi connectivity index (χ3n) is 3.46. The highest BCUT2D eigenvalue weighted by Crippen LogP contribution is 2.32. The summed E-state index contributed by atoms with van der Waals surface area (Å²) in [7, 11) is 0. The van der Waals surface area contributed by atoms with Gasteiger partial charge in [-0.3, -0.25) is 14.4 Å². The van der Waals surface area contributed by atoms with Crippen molar-refractivity contribution in [3.63, 3.8) is 0 Å². The summed E-state index contributed by atoms with van der Waals surface area (Å²) >= 11 is 0. The number of ketones is 2. The van der Waals surface area contributed by atoms with Crippen molar-refractivity contribution in [2.45, 2.75) is 38.7 Å². The number of carbonyl (C=O) groups is 3. The second kappa shape index (κ2) is 7.02. The molecule has 1 aliphatic rings. The summed E-state index contributed by atoms with van der Waals surface area (Å²) in [6.07, 6.45) is 2.88. The van der Waals surface area contributed by atoms with Crippen molar-refractivity contribution in [3.8, 4) is 5.75 Å². The van der Waals surface area contributed by atoms with Crippen LogP contribution in [0.15, 0.2) is 18.2 Å². The molecule has 1 aliphatic carbocycles. The lowest BCUT2D eigenvalue weighted by Gasteiger charge is -2.09. The van der Waals surface area contributed by atoms with Crippen LogP contribution in [0.1, 0.15) is 53.3 Å². The number of Topliss-reactive ketones (excluding diaryl/α,β-unsaturated/α-hetero) is 2. The van der Waals surface area contributed by atoms with Crippen molar-refractivity contribution in [2.75, 3.05) is 6.61 Å². The van der Waals surface area contributed by atoms with Crippen molar-refractivity contribution in [1.29, 1.82) is 0 Å². The molecular weight excluding hydrogens is 272 g/mol. The standard InChI is InChI=1S/C16H18O5/c1-2-3-4-5-9-20-12-8-6-7-11-13(12)15(19)16(14(11)18)21-10-17/h6-8,10,16H,2-5,9H2,1H3. The van der Waals surface area contributed by atoms with Crippen LogP contribution in [0.2, 0.25) is 0 Å². The highest BCUT2D eigenvalue weighted by molar-refractivity contribution is 6.30. The molecule has 0 aromatic heterocycles. The van der Waals surface area contributed by atoms with Gasteiger partial charge in [-0.15, -0.1) is 0 Å². The Hall–Kier alpha value is -2.17. The van der Waals surface area contributed by atoms with Crippen LogP contribution in [0.5, 0.6) is 5.75 Å². The summed E-state index contributed by atoms with van der Waals surface area (Å²) in [5.74, 6) is -0.607. The van der Waals surface area contributed by atoms with Gasteiger partial charge in [0.05, 0.1) is 12.2 Å². The Kier molecular flexibility index (Phi) is 5.09. The minimum atomic E-state index is -1.36. The topological polar surface area (TPSA) is 69.7 Å². The third kappa shape index (κ3) is 3.12. The molecule has 0 fully saturated rings. The van der Waals surface area contributed by atoms with Gasteiger partial charge in [-0.05, 0) is 12.5 Å². The van der Waals surface area contributed by atoms with Crippen molar-refractivity contribution >= 4 is 18.0 Å². The SMILES string of the molecule is CCCCCCOc1cccc2c1C(=O)C(OC=O)C2=O. The van der Waals surface area contributed by atoms with Crippen LogP contribution in [-0.2, 0) is 9.53 Å². The van der Waals surface area contributed by atoms with Crippen LogP contribution < -0.4 is 4.74 Å². The Morgan fingerprint density at radius 1 is 1.14 bits per heavy atom. The van der Waals surface area contributed by atoms with Gasteiger partial charge in [-0.25, -0.2) is 0 Å². The van der Waals surface area contributed by atoms with E-state index >= 15 is 0 Å². The maximum absolute atomic E-state index is 12.2. The van der Waals surface area contributed by atoms with Gasteiger partial charge in [0.15, 0.2) is 0 Å². The van der Waals surface area contributed by atoms with E-state index in [1.54, 1.807) is 18.2 Å². The molecule has 0 saturated heterocycles. The van der Waals surface area contributed by atoms with E-state index in [-0.39, 0.29) is 17.6 Å². The zero-order chi connectivity index (χ0) is 15.2. The number of unbranched alkanes of at least 4 members (excludes halogenated alkanes) is 3. The van der Waals surface area contributed by atoms with Gasteiger partial charge in [0.25, 0.3) is 6.47 Å². The lowest BCUT2D eigenvalue weighted by atomic mass is 10.1. The molecule has 21 heavy (non-hydrogen) atoms. The van der Waals surface area contributed by atoms with Crippen molar-refractivity contribution < 1.29 is 23.9 Å². The van der Waals surface area contributed by atoms with Crippen molar-refractivity contribution in [3.05, 3.63) is 29.3 Å². The van der Waals surface area contributed by atoms with Crippen LogP contribution in [-0.4, -0.2) is 30.7 Å². The lowest BCUT2D eigenvalue weighted by molar-refractivity contribution is -0.130. The van der Waals surface area contributed by atoms with E-state index in [1.807, 2.05) is 0 Å². The molecule has 1 unspecified atom stereocenters. The van der Waals surface area contributed by atoms with Gasteiger partial charge in [0.2, 0.25) is 17.7 Å². The van der Waals surface area contributed by atoms with Crippen molar-refractivity contribution in [1.82, 2.24) is 0 Å². The molecule has 0 aliphatic heterocycles. The van der Waals surface area contributed by atoms with E-state index in [1.165, 1.54) is 0 Å². The number of hydrogen-bond donors (Lipinski definition) is 0. The van der Waals surface area contributed by atoms with Gasteiger partial charge in [-0.2, -0.15) is 0 Å². The molecule has 0 spiro atoms. The smallest absolute Gasteiger partial charge is 0.294 e. The molecule has 0 bridgehead atoms. The molecule has 0 N–H and O–H groups in total. The first-order valence-corrected chi connectivity index (χ1v) is 7.14. The van der Waals surface area contributed by atoms with E-state index in [0.717, 1.165) is 25.7 Å². The lowest BCUT2D eigenvalue weighted by Crippen LogP contribution is -2.25. The molecule has 0 saturated carbocycles. The summed E-state index contributed by atoms with van der Waals surface area (Å²) < 4.78 is 10.2. The predicted octanol–water partition coefficient (Wildman–Crippen LogP) is 2.57. The second-order valence-electron chi connectivity index (χ2n) is 4.93. The van der Waals surface area contributed by atoms with Gasteiger partial charge >= 0.3 is 0 Å². The van der Waals surface area contributed by atoms with Crippen LogP contribution in [0, 0.1) is 0 Å². The Bertz CT molecular complexity index is 550. The van der Waals surface area contributed by atoms with Gasteiger partial charge in [-0.1, -0.05) is 38.3 Å². The average Bonchev–Trinajstić information content (AvgIpc) is 2.73. The molecule has 0 amide bonds. The minimum Gasteiger partial charge on any atom is -0.493 e. The molecule has 1 atom stereocenters. The molecular formula is C16H18O5.